The summed E-state index contributed by atoms with van der Waals surface area (Å²) in [6, 6.07) is 9.27. The van der Waals surface area contributed by atoms with Gasteiger partial charge in [-0.15, -0.1) is 0 Å². The third kappa shape index (κ3) is 4.77. The molecule has 0 spiro atoms. The maximum atomic E-state index is 11.9. The van der Waals surface area contributed by atoms with Crippen LogP contribution in [0.1, 0.15) is 19.4 Å². The van der Waals surface area contributed by atoms with E-state index in [0.29, 0.717) is 6.42 Å². The number of rotatable bonds is 5. The Morgan fingerprint density at radius 2 is 1.95 bits per heavy atom. The Balaban J connectivity index is 2.80. The first-order valence-corrected chi connectivity index (χ1v) is 6.43. The monoisotopic (exact) mass is 273 g/mol. The molecular formula is C16H19NO3. The zero-order valence-corrected chi connectivity index (χ0v) is 12.0. The Hall–Kier alpha value is -2.28. The van der Waals surface area contributed by atoms with Crippen molar-refractivity contribution in [2.45, 2.75) is 26.3 Å². The van der Waals surface area contributed by atoms with Gasteiger partial charge in [0.1, 0.15) is 0 Å². The lowest BCUT2D eigenvalue weighted by molar-refractivity contribution is -0.146. The van der Waals surface area contributed by atoms with E-state index in [4.69, 9.17) is 4.74 Å². The normalized spacial score (nSPS) is 12.6. The van der Waals surface area contributed by atoms with E-state index in [2.05, 4.69) is 17.2 Å². The second-order valence-electron chi connectivity index (χ2n) is 4.46. The van der Waals surface area contributed by atoms with Gasteiger partial charge in [-0.25, -0.2) is 0 Å². The molecular weight excluding hydrogens is 254 g/mol. The van der Waals surface area contributed by atoms with Gasteiger partial charge in [-0.1, -0.05) is 36.3 Å². The van der Waals surface area contributed by atoms with Crippen molar-refractivity contribution < 1.29 is 14.3 Å². The molecule has 1 N–H and O–H groups in total. The standard InChI is InChI=1S/C16H19NO3/c1-4-8-15(18)17-12(2)14(16(19)20-3)11-13-9-6-5-7-10-13/h5-7,9-10,12,14H,11H2,1-3H3,(H,17,18). The molecule has 2 atom stereocenters. The predicted octanol–water partition coefficient (Wildman–Crippen LogP) is 1.55. The first-order valence-electron chi connectivity index (χ1n) is 6.43. The maximum Gasteiger partial charge on any atom is 0.311 e. The van der Waals surface area contributed by atoms with E-state index in [1.165, 1.54) is 7.11 Å². The van der Waals surface area contributed by atoms with Gasteiger partial charge >= 0.3 is 5.97 Å². The summed E-state index contributed by atoms with van der Waals surface area (Å²) in [5, 5.41) is 2.70. The van der Waals surface area contributed by atoms with E-state index < -0.39 is 5.92 Å². The SMILES string of the molecule is CC#CC(=O)NC(C)C(Cc1ccccc1)C(=O)OC. The molecule has 1 aromatic rings. The number of esters is 1. The number of benzene rings is 1. The van der Waals surface area contributed by atoms with Gasteiger partial charge in [0.15, 0.2) is 0 Å². The molecule has 0 saturated carbocycles. The number of nitrogens with one attached hydrogen (secondary N) is 1. The molecule has 4 nitrogen and oxygen atoms in total. The van der Waals surface area contributed by atoms with Crippen molar-refractivity contribution in [1.29, 1.82) is 0 Å². The van der Waals surface area contributed by atoms with Crippen molar-refractivity contribution in [2.75, 3.05) is 7.11 Å². The number of carbonyl (C=O) groups excluding carboxylic acids is 2. The van der Waals surface area contributed by atoms with Crippen molar-refractivity contribution >= 4 is 11.9 Å². The topological polar surface area (TPSA) is 55.4 Å². The average Bonchev–Trinajstić information content (AvgIpc) is 2.45. The molecule has 1 rings (SSSR count). The summed E-state index contributed by atoms with van der Waals surface area (Å²) in [6.45, 7) is 3.37. The zero-order valence-electron chi connectivity index (χ0n) is 12.0. The lowest BCUT2D eigenvalue weighted by Gasteiger charge is -2.22. The third-order valence-electron chi connectivity index (χ3n) is 3.00. The summed E-state index contributed by atoms with van der Waals surface area (Å²) in [7, 11) is 1.35. The first kappa shape index (κ1) is 15.8. The second-order valence-corrected chi connectivity index (χ2v) is 4.46. The quantitative estimate of drug-likeness (QED) is 0.654. The van der Waals surface area contributed by atoms with Crippen LogP contribution in [0.4, 0.5) is 0 Å². The summed E-state index contributed by atoms with van der Waals surface area (Å²) in [5.41, 5.74) is 1.02. The Morgan fingerprint density at radius 3 is 2.50 bits per heavy atom. The maximum absolute atomic E-state index is 11.9. The van der Waals surface area contributed by atoms with E-state index in [9.17, 15) is 9.59 Å². The fraction of sp³-hybridized carbons (Fsp3) is 0.375. The van der Waals surface area contributed by atoms with E-state index in [0.717, 1.165) is 5.56 Å². The summed E-state index contributed by atoms with van der Waals surface area (Å²) < 4.78 is 4.82. The molecule has 4 heteroatoms. The molecule has 2 unspecified atom stereocenters. The number of carbonyl (C=O) groups is 2. The highest BCUT2D eigenvalue weighted by atomic mass is 16.5. The number of hydrogen-bond acceptors (Lipinski definition) is 3. The van der Waals surface area contributed by atoms with E-state index in [1.54, 1.807) is 13.8 Å². The van der Waals surface area contributed by atoms with Gasteiger partial charge in [0.05, 0.1) is 13.0 Å². The molecule has 0 aliphatic heterocycles. The van der Waals surface area contributed by atoms with E-state index >= 15 is 0 Å². The van der Waals surface area contributed by atoms with Crippen molar-refractivity contribution in [1.82, 2.24) is 5.32 Å². The molecule has 0 aliphatic rings. The molecule has 1 aromatic carbocycles. The van der Waals surface area contributed by atoms with E-state index in [-0.39, 0.29) is 17.9 Å². The summed E-state index contributed by atoms with van der Waals surface area (Å²) in [4.78, 5) is 23.4. The molecule has 0 aromatic heterocycles. The van der Waals surface area contributed by atoms with Gasteiger partial charge in [-0.05, 0) is 31.8 Å². The molecule has 0 aliphatic carbocycles. The Bertz CT molecular complexity index is 514. The molecule has 106 valence electrons. The molecule has 0 bridgehead atoms. The van der Waals surface area contributed by atoms with Crippen LogP contribution in [-0.2, 0) is 20.7 Å². The Morgan fingerprint density at radius 1 is 1.30 bits per heavy atom. The van der Waals surface area contributed by atoms with Gasteiger partial charge in [-0.2, -0.15) is 0 Å². The van der Waals surface area contributed by atoms with Crippen molar-refractivity contribution in [2.24, 2.45) is 5.92 Å². The fourth-order valence-corrected chi connectivity index (χ4v) is 1.94. The van der Waals surface area contributed by atoms with E-state index in [1.807, 2.05) is 30.3 Å². The van der Waals surface area contributed by atoms with Crippen LogP contribution in [0.5, 0.6) is 0 Å². The van der Waals surface area contributed by atoms with Gasteiger partial charge in [0.2, 0.25) is 0 Å². The highest BCUT2D eigenvalue weighted by molar-refractivity contribution is 5.93. The molecule has 20 heavy (non-hydrogen) atoms. The van der Waals surface area contributed by atoms with Crippen LogP contribution in [0.3, 0.4) is 0 Å². The molecule has 0 heterocycles. The summed E-state index contributed by atoms with van der Waals surface area (Å²) >= 11 is 0. The summed E-state index contributed by atoms with van der Waals surface area (Å²) in [5.74, 6) is 3.76. The van der Waals surface area contributed by atoms with Crippen LogP contribution in [-0.4, -0.2) is 25.0 Å². The third-order valence-corrected chi connectivity index (χ3v) is 3.00. The number of ether oxygens (including phenoxy) is 1. The minimum atomic E-state index is -0.440. The average molecular weight is 273 g/mol. The smallest absolute Gasteiger partial charge is 0.311 e. The largest absolute Gasteiger partial charge is 0.469 e. The van der Waals surface area contributed by atoms with Crippen LogP contribution in [0.25, 0.3) is 0 Å². The highest BCUT2D eigenvalue weighted by Crippen LogP contribution is 2.14. The van der Waals surface area contributed by atoms with Gasteiger partial charge < -0.3 is 10.1 Å². The second kappa shape index (κ2) is 8.00. The van der Waals surface area contributed by atoms with Crippen LogP contribution in [0, 0.1) is 17.8 Å². The minimum absolute atomic E-state index is 0.342. The molecule has 0 fully saturated rings. The van der Waals surface area contributed by atoms with Crippen molar-refractivity contribution in [3.8, 4) is 11.8 Å². The lowest BCUT2D eigenvalue weighted by atomic mass is 9.93. The number of hydrogen-bond donors (Lipinski definition) is 1. The minimum Gasteiger partial charge on any atom is -0.469 e. The van der Waals surface area contributed by atoms with Crippen LogP contribution < -0.4 is 5.32 Å². The van der Waals surface area contributed by atoms with Crippen LogP contribution in [0.15, 0.2) is 30.3 Å². The highest BCUT2D eigenvalue weighted by Gasteiger charge is 2.27. The van der Waals surface area contributed by atoms with Gasteiger partial charge in [-0.3, -0.25) is 9.59 Å². The fourth-order valence-electron chi connectivity index (χ4n) is 1.94. The van der Waals surface area contributed by atoms with Crippen molar-refractivity contribution in [3.05, 3.63) is 35.9 Å². The molecule has 1 amide bonds. The molecule has 0 saturated heterocycles. The van der Waals surface area contributed by atoms with Crippen LogP contribution >= 0.6 is 0 Å². The number of methoxy groups -OCH3 is 1. The zero-order chi connectivity index (χ0) is 15.0. The van der Waals surface area contributed by atoms with Crippen molar-refractivity contribution in [3.63, 3.8) is 0 Å². The summed E-state index contributed by atoms with van der Waals surface area (Å²) in [6.07, 6.45) is 0.508. The number of amides is 1. The molecule has 0 radical (unpaired) electrons. The lowest BCUT2D eigenvalue weighted by Crippen LogP contribution is -2.42. The Kier molecular flexibility index (Phi) is 6.31. The first-order chi connectivity index (χ1) is 9.58. The van der Waals surface area contributed by atoms with Gasteiger partial charge in [0, 0.05) is 6.04 Å². The predicted molar refractivity (Wildman–Crippen MR) is 76.7 cm³/mol. The van der Waals surface area contributed by atoms with Gasteiger partial charge in [0.25, 0.3) is 5.91 Å². The van der Waals surface area contributed by atoms with Crippen LogP contribution in [0.2, 0.25) is 0 Å². The Labute approximate surface area is 119 Å².